The Kier molecular flexibility index (Phi) is 6.57. The third-order valence-electron chi connectivity index (χ3n) is 5.59. The number of primary amides is 1. The zero-order chi connectivity index (χ0) is 23.5. The van der Waals surface area contributed by atoms with Gasteiger partial charge in [0, 0.05) is 42.8 Å². The Morgan fingerprint density at radius 3 is 2.67 bits per heavy atom. The Morgan fingerprint density at radius 2 is 1.94 bits per heavy atom. The summed E-state index contributed by atoms with van der Waals surface area (Å²) in [7, 11) is 0. The summed E-state index contributed by atoms with van der Waals surface area (Å²) in [5.74, 6) is -1.01. The quantitative estimate of drug-likeness (QED) is 0.530. The minimum Gasteiger partial charge on any atom is -0.507 e. The van der Waals surface area contributed by atoms with Gasteiger partial charge in [0.2, 0.25) is 5.88 Å². The molecule has 3 aromatic rings. The van der Waals surface area contributed by atoms with Gasteiger partial charge in [-0.15, -0.1) is 0 Å². The van der Waals surface area contributed by atoms with E-state index in [0.29, 0.717) is 29.9 Å². The Morgan fingerprint density at radius 1 is 1.21 bits per heavy atom. The first-order chi connectivity index (χ1) is 15.8. The van der Waals surface area contributed by atoms with Crippen molar-refractivity contribution in [1.82, 2.24) is 15.2 Å². The molecule has 0 unspecified atom stereocenters. The average Bonchev–Trinajstić information content (AvgIpc) is 2.76. The summed E-state index contributed by atoms with van der Waals surface area (Å²) >= 11 is 0. The number of nitrogens with zero attached hydrogens (tertiary/aromatic N) is 2. The summed E-state index contributed by atoms with van der Waals surface area (Å²) in [5.41, 5.74) is 7.41. The number of hydrogen-bond donors (Lipinski definition) is 3. The predicted molar refractivity (Wildman–Crippen MR) is 124 cm³/mol. The van der Waals surface area contributed by atoms with Crippen molar-refractivity contribution < 1.29 is 19.0 Å². The van der Waals surface area contributed by atoms with Crippen molar-refractivity contribution in [2.75, 3.05) is 13.1 Å². The molecule has 8 heteroatoms. The van der Waals surface area contributed by atoms with Crippen LogP contribution in [0.5, 0.6) is 17.4 Å². The monoisotopic (exact) mass is 450 g/mol. The number of para-hydroxylation sites is 1. The molecule has 33 heavy (non-hydrogen) atoms. The van der Waals surface area contributed by atoms with Crippen molar-refractivity contribution in [1.29, 1.82) is 0 Å². The van der Waals surface area contributed by atoms with Gasteiger partial charge in [-0.1, -0.05) is 30.3 Å². The summed E-state index contributed by atoms with van der Waals surface area (Å²) in [6.45, 7) is 6.77. The fourth-order valence-corrected chi connectivity index (χ4v) is 4.29. The van der Waals surface area contributed by atoms with E-state index in [1.807, 2.05) is 24.3 Å². The van der Waals surface area contributed by atoms with E-state index < -0.39 is 11.7 Å². The van der Waals surface area contributed by atoms with Crippen molar-refractivity contribution in [3.8, 4) is 28.5 Å². The van der Waals surface area contributed by atoms with Gasteiger partial charge in [0.05, 0.1) is 6.20 Å². The molecule has 1 aliphatic heterocycles. The van der Waals surface area contributed by atoms with E-state index >= 15 is 0 Å². The molecule has 1 saturated heterocycles. The van der Waals surface area contributed by atoms with Gasteiger partial charge in [-0.25, -0.2) is 9.37 Å². The summed E-state index contributed by atoms with van der Waals surface area (Å²) < 4.78 is 19.2. The highest BCUT2D eigenvalue weighted by Crippen LogP contribution is 2.35. The Labute approximate surface area is 192 Å². The van der Waals surface area contributed by atoms with Crippen molar-refractivity contribution in [2.24, 2.45) is 5.73 Å². The molecule has 1 amide bonds. The lowest BCUT2D eigenvalue weighted by molar-refractivity contribution is 0.0997. The topological polar surface area (TPSA) is 101 Å². The fraction of sp³-hybridized carbons (Fsp3) is 0.280. The summed E-state index contributed by atoms with van der Waals surface area (Å²) in [5, 5.41) is 14.5. The first-order valence-corrected chi connectivity index (χ1v) is 10.8. The van der Waals surface area contributed by atoms with Gasteiger partial charge < -0.3 is 20.9 Å². The number of nitrogens with one attached hydrogen (secondary N) is 1. The van der Waals surface area contributed by atoms with Gasteiger partial charge in [0.25, 0.3) is 5.91 Å². The second kappa shape index (κ2) is 9.56. The van der Waals surface area contributed by atoms with Crippen LogP contribution in [0.4, 0.5) is 4.39 Å². The molecule has 0 radical (unpaired) electrons. The van der Waals surface area contributed by atoms with Gasteiger partial charge in [-0.05, 0) is 37.6 Å². The molecule has 172 valence electrons. The standard InChI is InChI=1S/C25H27FN4O3/c1-15-12-30(13-16(2)29-15)14-18-6-4-8-21(23(18)31)17-5-3-7-20(9-17)33-25-22(24(27)32)10-19(26)11-28-25/h3-11,15-16,29,31H,12-14H2,1-2H3,(H2,27,32)/t15-,16+. The second-order valence-corrected chi connectivity index (χ2v) is 8.48. The predicted octanol–water partition coefficient (Wildman–Crippen LogP) is 3.67. The lowest BCUT2D eigenvalue weighted by Crippen LogP contribution is -2.53. The van der Waals surface area contributed by atoms with E-state index in [9.17, 15) is 14.3 Å². The van der Waals surface area contributed by atoms with Gasteiger partial charge in [-0.3, -0.25) is 9.69 Å². The zero-order valence-electron chi connectivity index (χ0n) is 18.6. The molecule has 1 fully saturated rings. The van der Waals surface area contributed by atoms with Gasteiger partial charge in [-0.2, -0.15) is 0 Å². The van der Waals surface area contributed by atoms with Crippen LogP contribution >= 0.6 is 0 Å². The number of aromatic hydroxyl groups is 1. The maximum absolute atomic E-state index is 13.5. The molecule has 0 bridgehead atoms. The third-order valence-corrected chi connectivity index (χ3v) is 5.59. The first kappa shape index (κ1) is 22.7. The number of piperazine rings is 1. The van der Waals surface area contributed by atoms with Crippen molar-refractivity contribution in [3.63, 3.8) is 0 Å². The van der Waals surface area contributed by atoms with Crippen LogP contribution in [-0.4, -0.2) is 46.1 Å². The molecule has 0 saturated carbocycles. The molecule has 2 heterocycles. The molecule has 2 aromatic carbocycles. The van der Waals surface area contributed by atoms with Gasteiger partial charge in [0.1, 0.15) is 22.9 Å². The van der Waals surface area contributed by atoms with Crippen LogP contribution in [0, 0.1) is 5.82 Å². The highest BCUT2D eigenvalue weighted by molar-refractivity contribution is 5.95. The minimum atomic E-state index is -0.838. The number of ether oxygens (including phenoxy) is 1. The number of phenols is 1. The van der Waals surface area contributed by atoms with E-state index in [1.54, 1.807) is 18.2 Å². The van der Waals surface area contributed by atoms with Gasteiger partial charge in [0.15, 0.2) is 0 Å². The summed E-state index contributed by atoms with van der Waals surface area (Å²) in [6.07, 6.45) is 0.957. The SMILES string of the molecule is C[C@@H]1CN(Cc2cccc(-c3cccc(Oc4ncc(F)cc4C(N)=O)c3)c2O)C[C@H](C)N1. The second-order valence-electron chi connectivity index (χ2n) is 8.48. The summed E-state index contributed by atoms with van der Waals surface area (Å²) in [4.78, 5) is 17.8. The molecule has 0 spiro atoms. The number of carbonyl (C=O) groups is 1. The van der Waals surface area contributed by atoms with Crippen LogP contribution in [0.2, 0.25) is 0 Å². The molecule has 4 N–H and O–H groups in total. The van der Waals surface area contributed by atoms with Crippen LogP contribution in [0.1, 0.15) is 29.8 Å². The van der Waals surface area contributed by atoms with E-state index in [0.717, 1.165) is 36.5 Å². The van der Waals surface area contributed by atoms with Crippen LogP contribution in [-0.2, 0) is 6.54 Å². The van der Waals surface area contributed by atoms with Gasteiger partial charge >= 0.3 is 0 Å². The van der Waals surface area contributed by atoms with E-state index in [-0.39, 0.29) is 17.2 Å². The third kappa shape index (κ3) is 5.30. The molecule has 1 aromatic heterocycles. The Hall–Kier alpha value is -3.49. The van der Waals surface area contributed by atoms with E-state index in [2.05, 4.69) is 29.0 Å². The van der Waals surface area contributed by atoms with Crippen molar-refractivity contribution >= 4 is 5.91 Å². The van der Waals surface area contributed by atoms with Crippen LogP contribution in [0.25, 0.3) is 11.1 Å². The fourth-order valence-electron chi connectivity index (χ4n) is 4.29. The van der Waals surface area contributed by atoms with Crippen LogP contribution < -0.4 is 15.8 Å². The molecular formula is C25H27FN4O3. The molecule has 0 aliphatic carbocycles. The Bertz CT molecular complexity index is 1160. The molecular weight excluding hydrogens is 423 g/mol. The van der Waals surface area contributed by atoms with Crippen molar-refractivity contribution in [3.05, 3.63) is 71.7 Å². The summed E-state index contributed by atoms with van der Waals surface area (Å²) in [6, 6.07) is 14.5. The molecule has 7 nitrogen and oxygen atoms in total. The smallest absolute Gasteiger partial charge is 0.254 e. The highest BCUT2D eigenvalue weighted by atomic mass is 19.1. The lowest BCUT2D eigenvalue weighted by Gasteiger charge is -2.36. The normalized spacial score (nSPS) is 18.8. The number of aromatic nitrogens is 1. The van der Waals surface area contributed by atoms with Crippen LogP contribution in [0.3, 0.4) is 0 Å². The lowest BCUT2D eigenvalue weighted by atomic mass is 10.0. The average molecular weight is 451 g/mol. The number of amides is 1. The van der Waals surface area contributed by atoms with Crippen LogP contribution in [0.15, 0.2) is 54.7 Å². The number of nitrogens with two attached hydrogens (primary N) is 1. The maximum atomic E-state index is 13.5. The number of carbonyl (C=O) groups excluding carboxylic acids is 1. The molecule has 1 aliphatic rings. The number of benzene rings is 2. The maximum Gasteiger partial charge on any atom is 0.254 e. The van der Waals surface area contributed by atoms with Crippen molar-refractivity contribution in [2.45, 2.75) is 32.5 Å². The largest absolute Gasteiger partial charge is 0.507 e. The highest BCUT2D eigenvalue weighted by Gasteiger charge is 2.22. The number of hydrogen-bond acceptors (Lipinski definition) is 6. The molecule has 2 atom stereocenters. The number of halogens is 1. The van der Waals surface area contributed by atoms with E-state index in [4.69, 9.17) is 10.5 Å². The number of phenolic OH excluding ortho intramolecular Hbond substituents is 1. The minimum absolute atomic E-state index is 0.0824. The number of rotatable bonds is 6. The van der Waals surface area contributed by atoms with E-state index in [1.165, 1.54) is 0 Å². The molecule has 4 rings (SSSR count). The number of pyridine rings is 1. The Balaban J connectivity index is 1.59. The zero-order valence-corrected chi connectivity index (χ0v) is 18.6. The first-order valence-electron chi connectivity index (χ1n) is 10.8.